The molecule has 0 heterocycles. The second-order valence-electron chi connectivity index (χ2n) is 4.67. The maximum absolute atomic E-state index is 13.4. The van der Waals surface area contributed by atoms with Gasteiger partial charge in [-0.25, -0.2) is 4.39 Å². The van der Waals surface area contributed by atoms with Gasteiger partial charge in [-0.05, 0) is 31.9 Å². The average molecular weight is 280 g/mol. The lowest BCUT2D eigenvalue weighted by atomic mass is 10.1. The number of nitrogens with two attached hydrogens (primary N) is 1. The largest absolute Gasteiger partial charge is 0.465 e. The van der Waals surface area contributed by atoms with Crippen molar-refractivity contribution in [3.05, 3.63) is 29.6 Å². The van der Waals surface area contributed by atoms with Gasteiger partial charge in [-0.2, -0.15) is 0 Å². The van der Waals surface area contributed by atoms with Crippen molar-refractivity contribution in [3.8, 4) is 0 Å². The van der Waals surface area contributed by atoms with E-state index in [2.05, 4.69) is 0 Å². The highest BCUT2D eigenvalue weighted by Gasteiger charge is 2.35. The second kappa shape index (κ2) is 5.90. The molecule has 1 aliphatic rings. The predicted octanol–water partition coefficient (Wildman–Crippen LogP) is 1.58. The third kappa shape index (κ3) is 3.07. The standard InChI is InChI=1S/C14H17FN2O3/c1-2-20-12(18)8-17(9-6-7-9)14(19)10-4-3-5-11(15)13(10)16/h3-5,9H,2,6-8,16H2,1H3. The molecule has 0 atom stereocenters. The first-order valence-electron chi connectivity index (χ1n) is 6.55. The summed E-state index contributed by atoms with van der Waals surface area (Å²) in [5.41, 5.74) is 5.49. The van der Waals surface area contributed by atoms with Crippen molar-refractivity contribution in [2.45, 2.75) is 25.8 Å². The molecule has 1 saturated carbocycles. The molecule has 0 spiro atoms. The van der Waals surface area contributed by atoms with Crippen molar-refractivity contribution in [1.82, 2.24) is 4.90 Å². The van der Waals surface area contributed by atoms with E-state index in [-0.39, 0.29) is 30.4 Å². The third-order valence-corrected chi connectivity index (χ3v) is 3.14. The number of halogens is 1. The SMILES string of the molecule is CCOC(=O)CN(C(=O)c1cccc(F)c1N)C1CC1. The highest BCUT2D eigenvalue weighted by Crippen LogP contribution is 2.29. The van der Waals surface area contributed by atoms with Gasteiger partial charge < -0.3 is 15.4 Å². The van der Waals surface area contributed by atoms with Crippen molar-refractivity contribution < 1.29 is 18.7 Å². The smallest absolute Gasteiger partial charge is 0.325 e. The number of nitrogens with zero attached hydrogens (tertiary/aromatic N) is 1. The zero-order valence-corrected chi connectivity index (χ0v) is 11.3. The fourth-order valence-electron chi connectivity index (χ4n) is 1.98. The molecule has 0 radical (unpaired) electrons. The topological polar surface area (TPSA) is 72.6 Å². The van der Waals surface area contributed by atoms with E-state index in [1.165, 1.54) is 23.1 Å². The Hall–Kier alpha value is -2.11. The molecule has 2 rings (SSSR count). The van der Waals surface area contributed by atoms with Crippen LogP contribution in [-0.4, -0.2) is 36.0 Å². The van der Waals surface area contributed by atoms with Crippen LogP contribution in [0.3, 0.4) is 0 Å². The van der Waals surface area contributed by atoms with Crippen LogP contribution in [-0.2, 0) is 9.53 Å². The van der Waals surface area contributed by atoms with Gasteiger partial charge in [0.05, 0.1) is 17.9 Å². The van der Waals surface area contributed by atoms with Crippen LogP contribution >= 0.6 is 0 Å². The number of rotatable bonds is 5. The summed E-state index contributed by atoms with van der Waals surface area (Å²) in [5, 5.41) is 0. The minimum Gasteiger partial charge on any atom is -0.465 e. The Balaban J connectivity index is 2.19. The van der Waals surface area contributed by atoms with Crippen LogP contribution in [0.15, 0.2) is 18.2 Å². The normalized spacial score (nSPS) is 13.9. The molecule has 1 fully saturated rings. The first-order chi connectivity index (χ1) is 9.54. The second-order valence-corrected chi connectivity index (χ2v) is 4.67. The van der Waals surface area contributed by atoms with E-state index < -0.39 is 17.7 Å². The van der Waals surface area contributed by atoms with Crippen molar-refractivity contribution in [2.24, 2.45) is 0 Å². The molecule has 0 aliphatic heterocycles. The number of carbonyl (C=O) groups excluding carboxylic acids is 2. The Kier molecular flexibility index (Phi) is 4.22. The van der Waals surface area contributed by atoms with E-state index in [1.807, 2.05) is 0 Å². The van der Waals surface area contributed by atoms with Gasteiger partial charge in [0.2, 0.25) is 0 Å². The van der Waals surface area contributed by atoms with E-state index in [9.17, 15) is 14.0 Å². The Morgan fingerprint density at radius 2 is 2.15 bits per heavy atom. The van der Waals surface area contributed by atoms with Crippen molar-refractivity contribution in [1.29, 1.82) is 0 Å². The van der Waals surface area contributed by atoms with E-state index in [4.69, 9.17) is 10.5 Å². The molecule has 2 N–H and O–H groups in total. The van der Waals surface area contributed by atoms with Crippen LogP contribution in [0.25, 0.3) is 0 Å². The molecular formula is C14H17FN2O3. The Labute approximate surface area is 116 Å². The number of hydrogen-bond acceptors (Lipinski definition) is 4. The lowest BCUT2D eigenvalue weighted by Gasteiger charge is -2.22. The zero-order valence-electron chi connectivity index (χ0n) is 11.3. The minimum atomic E-state index is -0.636. The predicted molar refractivity (Wildman–Crippen MR) is 71.5 cm³/mol. The molecule has 5 nitrogen and oxygen atoms in total. The van der Waals surface area contributed by atoms with Gasteiger partial charge in [-0.15, -0.1) is 0 Å². The maximum Gasteiger partial charge on any atom is 0.325 e. The molecule has 1 aliphatic carbocycles. The lowest BCUT2D eigenvalue weighted by molar-refractivity contribution is -0.144. The first-order valence-corrected chi connectivity index (χ1v) is 6.55. The van der Waals surface area contributed by atoms with E-state index in [1.54, 1.807) is 6.92 Å². The molecular weight excluding hydrogens is 263 g/mol. The summed E-state index contributed by atoms with van der Waals surface area (Å²) < 4.78 is 18.3. The molecule has 0 bridgehead atoms. The summed E-state index contributed by atoms with van der Waals surface area (Å²) in [6.07, 6.45) is 1.67. The lowest BCUT2D eigenvalue weighted by Crippen LogP contribution is -2.38. The monoisotopic (exact) mass is 280 g/mol. The van der Waals surface area contributed by atoms with Gasteiger partial charge >= 0.3 is 5.97 Å². The summed E-state index contributed by atoms with van der Waals surface area (Å²) in [5.74, 6) is -1.54. The Bertz CT molecular complexity index is 529. The summed E-state index contributed by atoms with van der Waals surface area (Å²) in [7, 11) is 0. The summed E-state index contributed by atoms with van der Waals surface area (Å²) in [6.45, 7) is 1.83. The van der Waals surface area contributed by atoms with Gasteiger partial charge in [0, 0.05) is 6.04 Å². The third-order valence-electron chi connectivity index (χ3n) is 3.14. The number of carbonyl (C=O) groups is 2. The molecule has 1 amide bonds. The van der Waals surface area contributed by atoms with Gasteiger partial charge in [0.15, 0.2) is 0 Å². The number of ether oxygens (including phenoxy) is 1. The minimum absolute atomic E-state index is 0.00886. The number of amides is 1. The van der Waals surface area contributed by atoms with E-state index in [0.29, 0.717) is 0 Å². The van der Waals surface area contributed by atoms with Crippen molar-refractivity contribution >= 4 is 17.6 Å². The van der Waals surface area contributed by atoms with E-state index in [0.717, 1.165) is 12.8 Å². The fraction of sp³-hybridized carbons (Fsp3) is 0.429. The van der Waals surface area contributed by atoms with Crippen molar-refractivity contribution in [2.75, 3.05) is 18.9 Å². The number of anilines is 1. The van der Waals surface area contributed by atoms with Gasteiger partial charge in [0.1, 0.15) is 12.4 Å². The van der Waals surface area contributed by atoms with Crippen LogP contribution in [0.2, 0.25) is 0 Å². The van der Waals surface area contributed by atoms with Crippen LogP contribution < -0.4 is 5.73 Å². The van der Waals surface area contributed by atoms with Crippen LogP contribution in [0.1, 0.15) is 30.1 Å². The number of para-hydroxylation sites is 1. The maximum atomic E-state index is 13.4. The van der Waals surface area contributed by atoms with Crippen LogP contribution in [0.5, 0.6) is 0 Å². The molecule has 0 unspecified atom stereocenters. The number of esters is 1. The zero-order chi connectivity index (χ0) is 14.7. The summed E-state index contributed by atoms with van der Waals surface area (Å²) in [6, 6.07) is 4.09. The average Bonchev–Trinajstić information content (AvgIpc) is 3.23. The number of benzene rings is 1. The molecule has 108 valence electrons. The first kappa shape index (κ1) is 14.3. The quantitative estimate of drug-likeness (QED) is 0.656. The van der Waals surface area contributed by atoms with Gasteiger partial charge in [-0.3, -0.25) is 9.59 Å². The highest BCUT2D eigenvalue weighted by molar-refractivity contribution is 6.00. The van der Waals surface area contributed by atoms with E-state index >= 15 is 0 Å². The summed E-state index contributed by atoms with van der Waals surface area (Å²) in [4.78, 5) is 25.4. The van der Waals surface area contributed by atoms with Gasteiger partial charge in [0.25, 0.3) is 5.91 Å². The van der Waals surface area contributed by atoms with Gasteiger partial charge in [-0.1, -0.05) is 6.07 Å². The summed E-state index contributed by atoms with van der Waals surface area (Å²) >= 11 is 0. The van der Waals surface area contributed by atoms with Crippen LogP contribution in [0.4, 0.5) is 10.1 Å². The van der Waals surface area contributed by atoms with Crippen molar-refractivity contribution in [3.63, 3.8) is 0 Å². The fourth-order valence-corrected chi connectivity index (χ4v) is 1.98. The Morgan fingerprint density at radius 3 is 2.75 bits per heavy atom. The van der Waals surface area contributed by atoms with Crippen LogP contribution in [0, 0.1) is 5.82 Å². The molecule has 1 aromatic rings. The molecule has 0 aromatic heterocycles. The highest BCUT2D eigenvalue weighted by atomic mass is 19.1. The molecule has 20 heavy (non-hydrogen) atoms. The molecule has 0 saturated heterocycles. The molecule has 1 aromatic carbocycles. The number of nitrogen functional groups attached to an aromatic ring is 1. The molecule has 6 heteroatoms. The Morgan fingerprint density at radius 1 is 1.45 bits per heavy atom. The number of hydrogen-bond donors (Lipinski definition) is 1.